The van der Waals surface area contributed by atoms with Crippen molar-refractivity contribution in [2.45, 2.75) is 6.18 Å². The van der Waals surface area contributed by atoms with E-state index in [0.29, 0.717) is 0 Å². The van der Waals surface area contributed by atoms with E-state index in [4.69, 9.17) is 0 Å². The molecule has 0 aliphatic heterocycles. The lowest BCUT2D eigenvalue weighted by Gasteiger charge is -2.02. The second kappa shape index (κ2) is 4.68. The molecule has 1 aromatic heterocycles. The zero-order chi connectivity index (χ0) is 9.61. The molecule has 0 aliphatic rings. The van der Waals surface area contributed by atoms with E-state index in [1.807, 2.05) is 0 Å². The van der Waals surface area contributed by atoms with Gasteiger partial charge in [-0.3, -0.25) is 16.7 Å². The van der Waals surface area contributed by atoms with E-state index in [9.17, 15) is 13.2 Å². The van der Waals surface area contributed by atoms with Crippen LogP contribution >= 0.6 is 0 Å². The van der Waals surface area contributed by atoms with E-state index in [2.05, 4.69) is 16.7 Å². The number of alkyl halides is 3. The van der Waals surface area contributed by atoms with Gasteiger partial charge in [-0.1, -0.05) is 6.07 Å². The fourth-order valence-electron chi connectivity index (χ4n) is 0.530. The highest BCUT2D eigenvalue weighted by Gasteiger charge is 2.31. The van der Waals surface area contributed by atoms with Gasteiger partial charge in [0, 0.05) is 6.20 Å². The number of nitrogens with two attached hydrogens (primary N) is 2. The summed E-state index contributed by atoms with van der Waals surface area (Å²) in [5, 5.41) is 0. The number of hydrazine groups is 1. The highest BCUT2D eigenvalue weighted by molar-refractivity contribution is 5.06. The Morgan fingerprint density at radius 2 is 1.75 bits per heavy atom. The maximum Gasteiger partial charge on any atom is 0.433 e. The average molecular weight is 179 g/mol. The van der Waals surface area contributed by atoms with Crippen LogP contribution in [0.1, 0.15) is 5.69 Å². The first-order valence-electron chi connectivity index (χ1n) is 2.92. The van der Waals surface area contributed by atoms with Crippen LogP contribution in [0.4, 0.5) is 13.2 Å². The molecule has 0 amide bonds. The number of hydrogen-bond acceptors (Lipinski definition) is 3. The van der Waals surface area contributed by atoms with Crippen molar-refractivity contribution in [1.82, 2.24) is 4.98 Å². The molecule has 1 heterocycles. The van der Waals surface area contributed by atoms with Crippen LogP contribution in [0.5, 0.6) is 0 Å². The summed E-state index contributed by atoms with van der Waals surface area (Å²) in [6.07, 6.45) is -3.20. The van der Waals surface area contributed by atoms with Crippen LogP contribution in [0.3, 0.4) is 0 Å². The van der Waals surface area contributed by atoms with Crippen LogP contribution in [-0.4, -0.2) is 4.98 Å². The maximum absolute atomic E-state index is 11.7. The first kappa shape index (κ1) is 10.9. The van der Waals surface area contributed by atoms with Crippen LogP contribution in [0.25, 0.3) is 0 Å². The molecule has 1 rings (SSSR count). The molecule has 0 radical (unpaired) electrons. The van der Waals surface area contributed by atoms with Gasteiger partial charge in [0.15, 0.2) is 0 Å². The third-order valence-electron chi connectivity index (χ3n) is 0.955. The second-order valence-electron chi connectivity index (χ2n) is 1.71. The number of rotatable bonds is 0. The Hall–Kier alpha value is -1.14. The molecule has 3 nitrogen and oxygen atoms in total. The zero-order valence-corrected chi connectivity index (χ0v) is 6.05. The van der Waals surface area contributed by atoms with Crippen molar-refractivity contribution >= 4 is 0 Å². The van der Waals surface area contributed by atoms with Gasteiger partial charge in [0.25, 0.3) is 0 Å². The Balaban J connectivity index is 0.000000561. The Labute approximate surface area is 67.2 Å². The molecule has 0 atom stereocenters. The van der Waals surface area contributed by atoms with Crippen molar-refractivity contribution in [3.8, 4) is 0 Å². The van der Waals surface area contributed by atoms with Crippen molar-refractivity contribution < 1.29 is 13.2 Å². The molecule has 0 aliphatic carbocycles. The van der Waals surface area contributed by atoms with E-state index < -0.39 is 11.9 Å². The van der Waals surface area contributed by atoms with Gasteiger partial charge in [-0.2, -0.15) is 13.2 Å². The Morgan fingerprint density at radius 1 is 1.17 bits per heavy atom. The average Bonchev–Trinajstić information content (AvgIpc) is 2.08. The third kappa shape index (κ3) is 3.31. The molecular formula is C6H8F3N3. The Morgan fingerprint density at radius 3 is 2.00 bits per heavy atom. The van der Waals surface area contributed by atoms with Gasteiger partial charge in [-0.15, -0.1) is 0 Å². The second-order valence-corrected chi connectivity index (χ2v) is 1.71. The van der Waals surface area contributed by atoms with E-state index in [0.717, 1.165) is 12.3 Å². The summed E-state index contributed by atoms with van der Waals surface area (Å²) >= 11 is 0. The minimum absolute atomic E-state index is 0.852. The summed E-state index contributed by atoms with van der Waals surface area (Å²) in [5.74, 6) is 8.00. The molecule has 0 bridgehead atoms. The molecule has 0 unspecified atom stereocenters. The summed E-state index contributed by atoms with van der Waals surface area (Å²) in [4.78, 5) is 3.12. The van der Waals surface area contributed by atoms with Crippen LogP contribution in [0, 0.1) is 0 Å². The molecule has 0 spiro atoms. The molecule has 0 fully saturated rings. The number of nitrogens with zero attached hydrogens (tertiary/aromatic N) is 1. The molecule has 6 heteroatoms. The molecule has 0 saturated heterocycles. The third-order valence-corrected chi connectivity index (χ3v) is 0.955. The lowest BCUT2D eigenvalue weighted by molar-refractivity contribution is -0.141. The molecule has 68 valence electrons. The molecule has 1 aromatic rings. The number of pyridine rings is 1. The van der Waals surface area contributed by atoms with Gasteiger partial charge in [0.2, 0.25) is 0 Å². The first-order chi connectivity index (χ1) is 5.61. The molecule has 0 saturated carbocycles. The van der Waals surface area contributed by atoms with E-state index in [1.165, 1.54) is 12.1 Å². The lowest BCUT2D eigenvalue weighted by atomic mass is 10.3. The van der Waals surface area contributed by atoms with Crippen LogP contribution < -0.4 is 11.7 Å². The zero-order valence-electron chi connectivity index (χ0n) is 6.05. The van der Waals surface area contributed by atoms with E-state index in [1.54, 1.807) is 0 Å². The van der Waals surface area contributed by atoms with Crippen molar-refractivity contribution in [2.24, 2.45) is 11.7 Å². The topological polar surface area (TPSA) is 64.9 Å². The highest BCUT2D eigenvalue weighted by Crippen LogP contribution is 2.26. The number of halogens is 3. The summed E-state index contributed by atoms with van der Waals surface area (Å²) in [6, 6.07) is 3.67. The van der Waals surface area contributed by atoms with Crippen LogP contribution in [0.2, 0.25) is 0 Å². The minimum atomic E-state index is -4.32. The van der Waals surface area contributed by atoms with E-state index in [-0.39, 0.29) is 0 Å². The Kier molecular flexibility index (Phi) is 4.24. The predicted molar refractivity (Wildman–Crippen MR) is 37.6 cm³/mol. The highest BCUT2D eigenvalue weighted by atomic mass is 19.4. The Bertz CT molecular complexity index is 209. The van der Waals surface area contributed by atoms with Crippen LogP contribution in [-0.2, 0) is 6.18 Å². The van der Waals surface area contributed by atoms with Crippen molar-refractivity contribution in [3.05, 3.63) is 30.1 Å². The maximum atomic E-state index is 11.7. The quantitative estimate of drug-likeness (QED) is 0.459. The monoisotopic (exact) mass is 179 g/mol. The van der Waals surface area contributed by atoms with E-state index >= 15 is 0 Å². The fourth-order valence-corrected chi connectivity index (χ4v) is 0.530. The summed E-state index contributed by atoms with van der Waals surface area (Å²) in [6.45, 7) is 0. The summed E-state index contributed by atoms with van der Waals surface area (Å²) < 4.78 is 35.2. The first-order valence-corrected chi connectivity index (χ1v) is 2.92. The SMILES string of the molecule is FC(F)(F)c1ccccn1.NN. The summed E-state index contributed by atoms with van der Waals surface area (Å²) in [5.41, 5.74) is -0.852. The number of hydrogen-bond donors (Lipinski definition) is 2. The van der Waals surface area contributed by atoms with Gasteiger partial charge in [0.05, 0.1) is 0 Å². The van der Waals surface area contributed by atoms with Gasteiger partial charge in [-0.05, 0) is 12.1 Å². The minimum Gasteiger partial charge on any atom is -0.274 e. The molecule has 12 heavy (non-hydrogen) atoms. The molecule has 4 N–H and O–H groups in total. The van der Waals surface area contributed by atoms with Crippen molar-refractivity contribution in [3.63, 3.8) is 0 Å². The molecule has 0 aromatic carbocycles. The van der Waals surface area contributed by atoms with Crippen molar-refractivity contribution in [2.75, 3.05) is 0 Å². The fraction of sp³-hybridized carbons (Fsp3) is 0.167. The largest absolute Gasteiger partial charge is 0.433 e. The van der Waals surface area contributed by atoms with Gasteiger partial charge >= 0.3 is 6.18 Å². The van der Waals surface area contributed by atoms with Gasteiger partial charge in [-0.25, -0.2) is 0 Å². The summed E-state index contributed by atoms with van der Waals surface area (Å²) in [7, 11) is 0. The molecular weight excluding hydrogens is 171 g/mol. The predicted octanol–water partition coefficient (Wildman–Crippen LogP) is 0.919. The van der Waals surface area contributed by atoms with Gasteiger partial charge in [0.1, 0.15) is 5.69 Å². The normalized spacial score (nSPS) is 10.1. The van der Waals surface area contributed by atoms with Gasteiger partial charge < -0.3 is 0 Å². The lowest BCUT2D eigenvalue weighted by Crippen LogP contribution is -2.06. The van der Waals surface area contributed by atoms with Crippen molar-refractivity contribution in [1.29, 1.82) is 0 Å². The van der Waals surface area contributed by atoms with Crippen LogP contribution in [0.15, 0.2) is 24.4 Å². The standard InChI is InChI=1S/C6H4F3N.H4N2/c7-6(8,9)5-3-1-2-4-10-5;1-2/h1-4H;1-2H2. The smallest absolute Gasteiger partial charge is 0.274 e. The number of aromatic nitrogens is 1.